The van der Waals surface area contributed by atoms with Gasteiger partial charge in [0.25, 0.3) is 0 Å². The van der Waals surface area contributed by atoms with Gasteiger partial charge in [-0.1, -0.05) is 37.3 Å². The van der Waals surface area contributed by atoms with Crippen LogP contribution in [0.5, 0.6) is 0 Å². The maximum Gasteiger partial charge on any atom is 0.123 e. The topological polar surface area (TPSA) is 12.5 Å². The molecule has 2 aliphatic rings. The highest BCUT2D eigenvalue weighted by atomic mass is 19.1. The third-order valence-corrected chi connectivity index (χ3v) is 5.80. The Bertz CT molecular complexity index is 772. The van der Waals surface area contributed by atoms with Crippen molar-refractivity contribution in [3.63, 3.8) is 0 Å². The Morgan fingerprint density at radius 3 is 2.52 bits per heavy atom. The molecule has 1 heterocycles. The standard InChI is InChI=1S/C22H26FNO/c1-14-17-6-4-5-7-19(17)21-13-16(10-11-24(2)3)25-22(21)20-12-15(23)8-9-18(14)20/h4-9,12,14,16,21-22H,10-11,13H2,1-3H3/t14-,16-,21+,22+/m0/s1. The molecular weight excluding hydrogens is 313 g/mol. The van der Waals surface area contributed by atoms with Crippen LogP contribution in [0.1, 0.15) is 60.0 Å². The Kier molecular flexibility index (Phi) is 4.38. The van der Waals surface area contributed by atoms with Crippen LogP contribution in [0.3, 0.4) is 0 Å². The molecule has 4 rings (SSSR count). The van der Waals surface area contributed by atoms with Crippen molar-refractivity contribution >= 4 is 0 Å². The molecule has 0 amide bonds. The van der Waals surface area contributed by atoms with Crippen molar-refractivity contribution in [3.05, 3.63) is 70.5 Å². The molecule has 0 saturated carbocycles. The molecule has 0 radical (unpaired) electrons. The van der Waals surface area contributed by atoms with Crippen LogP contribution in [0.15, 0.2) is 42.5 Å². The van der Waals surface area contributed by atoms with Gasteiger partial charge in [-0.15, -0.1) is 0 Å². The first-order valence-electron chi connectivity index (χ1n) is 9.23. The van der Waals surface area contributed by atoms with Gasteiger partial charge in [-0.2, -0.15) is 0 Å². The lowest BCUT2D eigenvalue weighted by Gasteiger charge is -2.20. The van der Waals surface area contributed by atoms with Gasteiger partial charge in [-0.3, -0.25) is 0 Å². The molecule has 2 aromatic rings. The highest BCUT2D eigenvalue weighted by molar-refractivity contribution is 5.48. The van der Waals surface area contributed by atoms with Crippen LogP contribution in [0, 0.1) is 5.82 Å². The summed E-state index contributed by atoms with van der Waals surface area (Å²) >= 11 is 0. The Morgan fingerprint density at radius 1 is 1.04 bits per heavy atom. The van der Waals surface area contributed by atoms with E-state index in [-0.39, 0.29) is 23.9 Å². The van der Waals surface area contributed by atoms with E-state index in [0.717, 1.165) is 24.9 Å². The maximum atomic E-state index is 14.0. The second kappa shape index (κ2) is 6.54. The van der Waals surface area contributed by atoms with E-state index < -0.39 is 0 Å². The molecule has 3 heteroatoms. The van der Waals surface area contributed by atoms with Crippen molar-refractivity contribution in [3.8, 4) is 0 Å². The first kappa shape index (κ1) is 16.7. The quantitative estimate of drug-likeness (QED) is 0.792. The molecule has 0 bridgehead atoms. The Morgan fingerprint density at radius 2 is 1.76 bits per heavy atom. The van der Waals surface area contributed by atoms with Crippen LogP contribution in [-0.2, 0) is 4.74 Å². The van der Waals surface area contributed by atoms with Crippen LogP contribution in [0.4, 0.5) is 4.39 Å². The van der Waals surface area contributed by atoms with E-state index in [9.17, 15) is 4.39 Å². The number of hydrogen-bond donors (Lipinski definition) is 0. The number of fused-ring (bicyclic) bond motifs is 5. The molecule has 0 spiro atoms. The number of halogens is 1. The van der Waals surface area contributed by atoms with Crippen LogP contribution in [-0.4, -0.2) is 31.6 Å². The van der Waals surface area contributed by atoms with E-state index >= 15 is 0 Å². The van der Waals surface area contributed by atoms with Crippen molar-refractivity contribution in [1.29, 1.82) is 0 Å². The zero-order valence-electron chi connectivity index (χ0n) is 15.2. The highest BCUT2D eigenvalue weighted by Crippen LogP contribution is 2.52. The number of hydrogen-bond acceptors (Lipinski definition) is 2. The molecule has 25 heavy (non-hydrogen) atoms. The molecule has 0 N–H and O–H groups in total. The molecular formula is C22H26FNO. The largest absolute Gasteiger partial charge is 0.370 e. The van der Waals surface area contributed by atoms with Crippen molar-refractivity contribution in [2.24, 2.45) is 0 Å². The van der Waals surface area contributed by atoms with Gasteiger partial charge < -0.3 is 9.64 Å². The number of rotatable bonds is 3. The third kappa shape index (κ3) is 3.00. The van der Waals surface area contributed by atoms with Crippen LogP contribution in [0.25, 0.3) is 0 Å². The first-order valence-corrected chi connectivity index (χ1v) is 9.23. The van der Waals surface area contributed by atoms with Gasteiger partial charge in [0.2, 0.25) is 0 Å². The van der Waals surface area contributed by atoms with Gasteiger partial charge in [-0.05, 0) is 67.9 Å². The molecule has 132 valence electrons. The summed E-state index contributed by atoms with van der Waals surface area (Å²) in [5.74, 6) is 0.408. The molecule has 0 unspecified atom stereocenters. The second-order valence-electron chi connectivity index (χ2n) is 7.74. The molecule has 2 aromatic carbocycles. The maximum absolute atomic E-state index is 14.0. The van der Waals surface area contributed by atoms with Gasteiger partial charge in [0.1, 0.15) is 5.82 Å². The number of ether oxygens (including phenoxy) is 1. The van der Waals surface area contributed by atoms with Crippen molar-refractivity contribution in [1.82, 2.24) is 4.90 Å². The van der Waals surface area contributed by atoms with Crippen molar-refractivity contribution < 1.29 is 9.13 Å². The van der Waals surface area contributed by atoms with E-state index in [1.165, 1.54) is 16.7 Å². The Labute approximate surface area is 149 Å². The molecule has 1 aliphatic carbocycles. The van der Waals surface area contributed by atoms with Crippen LogP contribution >= 0.6 is 0 Å². The predicted molar refractivity (Wildman–Crippen MR) is 98.5 cm³/mol. The lowest BCUT2D eigenvalue weighted by Crippen LogP contribution is -2.19. The van der Waals surface area contributed by atoms with Crippen LogP contribution < -0.4 is 0 Å². The summed E-state index contributed by atoms with van der Waals surface area (Å²) in [5.41, 5.74) is 4.99. The molecule has 1 aliphatic heterocycles. The zero-order valence-corrected chi connectivity index (χ0v) is 15.2. The zero-order chi connectivity index (χ0) is 17.6. The summed E-state index contributed by atoms with van der Waals surface area (Å²) < 4.78 is 20.5. The lowest BCUT2D eigenvalue weighted by atomic mass is 9.86. The van der Waals surface area contributed by atoms with Crippen LogP contribution in [0.2, 0.25) is 0 Å². The smallest absolute Gasteiger partial charge is 0.123 e. The minimum Gasteiger partial charge on any atom is -0.370 e. The lowest BCUT2D eigenvalue weighted by molar-refractivity contribution is 0.0325. The van der Waals surface area contributed by atoms with Crippen molar-refractivity contribution in [2.45, 2.75) is 43.8 Å². The molecule has 1 fully saturated rings. The van der Waals surface area contributed by atoms with E-state index in [1.54, 1.807) is 12.1 Å². The summed E-state index contributed by atoms with van der Waals surface area (Å²) in [6.45, 7) is 3.23. The van der Waals surface area contributed by atoms with E-state index in [1.807, 2.05) is 6.07 Å². The van der Waals surface area contributed by atoms with Gasteiger partial charge >= 0.3 is 0 Å². The Hall–Kier alpha value is -1.71. The average molecular weight is 339 g/mol. The minimum absolute atomic E-state index is 0.0380. The molecule has 2 nitrogen and oxygen atoms in total. The number of nitrogens with zero attached hydrogens (tertiary/aromatic N) is 1. The number of benzene rings is 2. The summed E-state index contributed by atoms with van der Waals surface area (Å²) in [4.78, 5) is 2.20. The molecule has 4 atom stereocenters. The first-order chi connectivity index (χ1) is 12.0. The van der Waals surface area contributed by atoms with Gasteiger partial charge in [0, 0.05) is 11.8 Å². The second-order valence-corrected chi connectivity index (χ2v) is 7.74. The summed E-state index contributed by atoms with van der Waals surface area (Å²) in [6.07, 6.45) is 2.22. The van der Waals surface area contributed by atoms with Gasteiger partial charge in [-0.25, -0.2) is 4.39 Å². The summed E-state index contributed by atoms with van der Waals surface area (Å²) in [5, 5.41) is 0. The Balaban J connectivity index is 1.78. The monoisotopic (exact) mass is 339 g/mol. The molecule has 0 aromatic heterocycles. The highest BCUT2D eigenvalue weighted by Gasteiger charge is 2.42. The SMILES string of the molecule is C[C@H]1c2ccccc2[C@H]2C[C@H](CCN(C)C)O[C@@H]2c2cc(F)ccc21. The average Bonchev–Trinajstić information content (AvgIpc) is 3.00. The summed E-state index contributed by atoms with van der Waals surface area (Å²) in [7, 11) is 4.18. The van der Waals surface area contributed by atoms with Crippen molar-refractivity contribution in [2.75, 3.05) is 20.6 Å². The third-order valence-electron chi connectivity index (χ3n) is 5.80. The van der Waals surface area contributed by atoms with Gasteiger partial charge in [0.05, 0.1) is 12.2 Å². The fraction of sp³-hybridized carbons (Fsp3) is 0.455. The van der Waals surface area contributed by atoms with E-state index in [0.29, 0.717) is 5.92 Å². The summed E-state index contributed by atoms with van der Waals surface area (Å²) in [6, 6.07) is 13.9. The fourth-order valence-corrected chi connectivity index (χ4v) is 4.53. The van der Waals surface area contributed by atoms with E-state index in [2.05, 4.69) is 50.2 Å². The molecule has 1 saturated heterocycles. The van der Waals surface area contributed by atoms with Gasteiger partial charge in [0.15, 0.2) is 0 Å². The van der Waals surface area contributed by atoms with E-state index in [4.69, 9.17) is 4.74 Å². The minimum atomic E-state index is -0.170. The fourth-order valence-electron chi connectivity index (χ4n) is 4.53. The normalized spacial score (nSPS) is 27.6. The predicted octanol–water partition coefficient (Wildman–Crippen LogP) is 4.86.